The monoisotopic (exact) mass is 442 g/mol. The van der Waals surface area contributed by atoms with Gasteiger partial charge in [0.1, 0.15) is 10.5 Å². The maximum atomic E-state index is 13.8. The summed E-state index contributed by atoms with van der Waals surface area (Å²) in [6.45, 7) is 2.36. The number of hydrogen-bond acceptors (Lipinski definition) is 5. The Hall–Kier alpha value is -2.91. The molecule has 0 aliphatic carbocycles. The Morgan fingerprint density at radius 1 is 1.19 bits per heavy atom. The third-order valence-corrected chi connectivity index (χ3v) is 7.19. The van der Waals surface area contributed by atoms with Crippen LogP contribution in [0.4, 0.5) is 13.6 Å². The van der Waals surface area contributed by atoms with Gasteiger partial charge >= 0.3 is 6.03 Å². The predicted molar refractivity (Wildman–Crippen MR) is 112 cm³/mol. The molecule has 2 aliphatic rings. The molecule has 2 aliphatic heterocycles. The zero-order chi connectivity index (χ0) is 21.8. The number of hydrogen-bond donors (Lipinski definition) is 1. The van der Waals surface area contributed by atoms with Gasteiger partial charge in [-0.3, -0.25) is 9.69 Å². The first-order valence-corrected chi connectivity index (χ1v) is 10.9. The highest BCUT2D eigenvalue weighted by molar-refractivity contribution is 7.18. The van der Waals surface area contributed by atoms with E-state index in [9.17, 15) is 18.4 Å². The van der Waals surface area contributed by atoms with Crippen molar-refractivity contribution < 1.29 is 18.4 Å². The van der Waals surface area contributed by atoms with Gasteiger partial charge in [0, 0.05) is 6.54 Å². The van der Waals surface area contributed by atoms with Gasteiger partial charge in [-0.1, -0.05) is 18.2 Å². The van der Waals surface area contributed by atoms with Gasteiger partial charge in [-0.15, -0.1) is 11.3 Å². The molecule has 2 fully saturated rings. The zero-order valence-electron chi connectivity index (χ0n) is 16.8. The predicted octanol–water partition coefficient (Wildman–Crippen LogP) is 4.14. The molecule has 6 nitrogen and oxygen atoms in total. The molecule has 9 heteroatoms. The van der Waals surface area contributed by atoms with E-state index in [-0.39, 0.29) is 18.3 Å². The van der Waals surface area contributed by atoms with Crippen molar-refractivity contribution in [2.75, 3.05) is 13.2 Å². The minimum absolute atomic E-state index is 0.0214. The largest absolute Gasteiger partial charge is 0.326 e. The van der Waals surface area contributed by atoms with E-state index in [4.69, 9.17) is 4.98 Å². The average Bonchev–Trinajstić information content (AvgIpc) is 3.43. The van der Waals surface area contributed by atoms with Gasteiger partial charge in [0.15, 0.2) is 11.6 Å². The number of aromatic nitrogens is 1. The van der Waals surface area contributed by atoms with Crippen LogP contribution in [0.3, 0.4) is 0 Å². The average molecular weight is 442 g/mol. The van der Waals surface area contributed by atoms with Gasteiger partial charge in [-0.25, -0.2) is 23.5 Å². The summed E-state index contributed by atoms with van der Waals surface area (Å²) in [6.07, 6.45) is 1.83. The number of imide groups is 1. The lowest BCUT2D eigenvalue weighted by atomic mass is 9.92. The van der Waals surface area contributed by atoms with Gasteiger partial charge < -0.3 is 5.32 Å². The number of amides is 3. The minimum Gasteiger partial charge on any atom is -0.319 e. The van der Waals surface area contributed by atoms with Crippen molar-refractivity contribution in [3.8, 4) is 0 Å². The van der Waals surface area contributed by atoms with E-state index in [2.05, 4.69) is 10.2 Å². The Kier molecular flexibility index (Phi) is 4.75. The highest BCUT2D eigenvalue weighted by Crippen LogP contribution is 2.37. The van der Waals surface area contributed by atoms with Crippen molar-refractivity contribution in [2.45, 2.75) is 31.3 Å². The fourth-order valence-electron chi connectivity index (χ4n) is 4.32. The second kappa shape index (κ2) is 7.35. The number of nitrogens with zero attached hydrogens (tertiary/aromatic N) is 3. The van der Waals surface area contributed by atoms with Crippen LogP contribution in [0.1, 0.15) is 36.4 Å². The first-order valence-electron chi connectivity index (χ1n) is 10.1. The molecule has 1 aromatic heterocycles. The SMILES string of the molecule is C[C@@]1(c2ccc(F)c(F)c2)NC(=O)N(CN2CCC[C@H]2c2nc3ccccc3s2)C1=O. The molecule has 0 radical (unpaired) electrons. The van der Waals surface area contributed by atoms with E-state index < -0.39 is 29.1 Å². The Morgan fingerprint density at radius 3 is 2.77 bits per heavy atom. The molecule has 3 heterocycles. The Labute approximate surface area is 181 Å². The molecule has 31 heavy (non-hydrogen) atoms. The topological polar surface area (TPSA) is 65.5 Å². The van der Waals surface area contributed by atoms with Crippen LogP contribution in [0.15, 0.2) is 42.5 Å². The fourth-order valence-corrected chi connectivity index (χ4v) is 5.45. The normalized spacial score (nSPS) is 24.4. The summed E-state index contributed by atoms with van der Waals surface area (Å²) in [6, 6.07) is 10.6. The summed E-state index contributed by atoms with van der Waals surface area (Å²) in [5, 5.41) is 3.62. The molecule has 3 aromatic rings. The Morgan fingerprint density at radius 2 is 2.00 bits per heavy atom. The van der Waals surface area contributed by atoms with E-state index in [0.29, 0.717) is 0 Å². The molecule has 0 unspecified atom stereocenters. The summed E-state index contributed by atoms with van der Waals surface area (Å²) in [7, 11) is 0. The lowest BCUT2D eigenvalue weighted by molar-refractivity contribution is -0.132. The van der Waals surface area contributed by atoms with Gasteiger partial charge in [0.05, 0.1) is 22.9 Å². The molecular weight excluding hydrogens is 422 g/mol. The van der Waals surface area contributed by atoms with Crippen molar-refractivity contribution >= 4 is 33.5 Å². The van der Waals surface area contributed by atoms with E-state index in [1.54, 1.807) is 11.3 Å². The number of nitrogens with one attached hydrogen (secondary N) is 1. The van der Waals surface area contributed by atoms with Crippen LogP contribution < -0.4 is 5.32 Å². The molecule has 2 atom stereocenters. The van der Waals surface area contributed by atoms with Crippen LogP contribution in [0.2, 0.25) is 0 Å². The molecule has 2 saturated heterocycles. The minimum atomic E-state index is -1.45. The van der Waals surface area contributed by atoms with E-state index >= 15 is 0 Å². The number of urea groups is 1. The smallest absolute Gasteiger partial charge is 0.319 e. The molecule has 3 amide bonds. The summed E-state index contributed by atoms with van der Waals surface area (Å²) in [5.74, 6) is -2.55. The molecule has 2 aromatic carbocycles. The van der Waals surface area contributed by atoms with Crippen molar-refractivity contribution in [1.82, 2.24) is 20.1 Å². The van der Waals surface area contributed by atoms with Gasteiger partial charge in [-0.05, 0) is 49.6 Å². The lowest BCUT2D eigenvalue weighted by Crippen LogP contribution is -2.43. The maximum Gasteiger partial charge on any atom is 0.326 e. The molecule has 1 N–H and O–H groups in total. The van der Waals surface area contributed by atoms with E-state index in [1.165, 1.54) is 13.0 Å². The number of fused-ring (bicyclic) bond motifs is 1. The van der Waals surface area contributed by atoms with Gasteiger partial charge in [-0.2, -0.15) is 0 Å². The number of para-hydroxylation sites is 1. The second-order valence-electron chi connectivity index (χ2n) is 8.05. The van der Waals surface area contributed by atoms with Crippen LogP contribution in [0.25, 0.3) is 10.2 Å². The number of halogens is 2. The number of benzene rings is 2. The van der Waals surface area contributed by atoms with Crippen molar-refractivity contribution in [3.63, 3.8) is 0 Å². The van der Waals surface area contributed by atoms with Crippen LogP contribution in [0, 0.1) is 11.6 Å². The van der Waals surface area contributed by atoms with Crippen molar-refractivity contribution in [2.24, 2.45) is 0 Å². The number of rotatable bonds is 4. The molecule has 0 bridgehead atoms. The third-order valence-electron chi connectivity index (χ3n) is 6.05. The first kappa shape index (κ1) is 20.0. The summed E-state index contributed by atoms with van der Waals surface area (Å²) < 4.78 is 28.2. The van der Waals surface area contributed by atoms with Crippen LogP contribution in [0.5, 0.6) is 0 Å². The number of likely N-dealkylation sites (tertiary alicyclic amines) is 1. The molecule has 5 rings (SSSR count). The number of carbonyl (C=O) groups excluding carboxylic acids is 2. The summed E-state index contributed by atoms with van der Waals surface area (Å²) in [5.41, 5.74) is -0.303. The zero-order valence-corrected chi connectivity index (χ0v) is 17.6. The highest BCUT2D eigenvalue weighted by Gasteiger charge is 2.50. The van der Waals surface area contributed by atoms with Crippen LogP contribution >= 0.6 is 11.3 Å². The van der Waals surface area contributed by atoms with Gasteiger partial charge in [0.2, 0.25) is 0 Å². The van der Waals surface area contributed by atoms with Gasteiger partial charge in [0.25, 0.3) is 5.91 Å². The van der Waals surface area contributed by atoms with Crippen LogP contribution in [-0.4, -0.2) is 39.9 Å². The second-order valence-corrected chi connectivity index (χ2v) is 9.11. The summed E-state index contributed by atoms with van der Waals surface area (Å²) >= 11 is 1.62. The quantitative estimate of drug-likeness (QED) is 0.617. The fraction of sp³-hybridized carbons (Fsp3) is 0.318. The number of thiazole rings is 1. The Balaban J connectivity index is 1.39. The maximum absolute atomic E-state index is 13.8. The van der Waals surface area contributed by atoms with Crippen molar-refractivity contribution in [1.29, 1.82) is 0 Å². The molecule has 160 valence electrons. The summed E-state index contributed by atoms with van der Waals surface area (Å²) in [4.78, 5) is 33.8. The van der Waals surface area contributed by atoms with Crippen LogP contribution in [-0.2, 0) is 10.3 Å². The number of carbonyl (C=O) groups is 2. The third kappa shape index (κ3) is 3.28. The Bertz CT molecular complexity index is 1170. The first-order chi connectivity index (χ1) is 14.9. The molecule has 0 spiro atoms. The highest BCUT2D eigenvalue weighted by atomic mass is 32.1. The van der Waals surface area contributed by atoms with Crippen molar-refractivity contribution in [3.05, 3.63) is 64.7 Å². The molecular formula is C22H20F2N4O2S. The lowest BCUT2D eigenvalue weighted by Gasteiger charge is -2.27. The molecule has 0 saturated carbocycles. The standard InChI is InChI=1S/C22H20F2N4O2S/c1-22(13-8-9-14(23)15(24)11-13)20(29)28(21(30)26-22)12-27-10-4-6-17(27)19-25-16-5-2-3-7-18(16)31-19/h2-3,5,7-9,11,17H,4,6,10,12H2,1H3,(H,26,30)/t17-,22-/m0/s1. The van der Waals surface area contributed by atoms with E-state index in [1.807, 2.05) is 24.3 Å². The van der Waals surface area contributed by atoms with E-state index in [0.717, 1.165) is 51.6 Å².